The first-order chi connectivity index (χ1) is 7.39. The number of hydrogen-bond acceptors (Lipinski definition) is 3. The molecule has 16 heavy (non-hydrogen) atoms. The molecular formula is C10H12ClNO3S. The molecule has 88 valence electrons. The van der Waals surface area contributed by atoms with E-state index in [1.54, 1.807) is 12.1 Å². The summed E-state index contributed by atoms with van der Waals surface area (Å²) in [5.74, 6) is -0.0834. The zero-order chi connectivity index (χ0) is 12.2. The van der Waals surface area contributed by atoms with Crippen LogP contribution in [-0.2, 0) is 20.3 Å². The number of carbonyl (C=O) groups is 1. The van der Waals surface area contributed by atoms with Gasteiger partial charge in [0.05, 0.1) is 4.90 Å². The second-order valence-electron chi connectivity index (χ2n) is 3.31. The maximum absolute atomic E-state index is 11.0. The second kappa shape index (κ2) is 5.32. The minimum Gasteiger partial charge on any atom is -0.356 e. The van der Waals surface area contributed by atoms with Gasteiger partial charge in [0, 0.05) is 24.2 Å². The van der Waals surface area contributed by atoms with Crippen LogP contribution in [0.15, 0.2) is 29.2 Å². The fraction of sp³-hybridized carbons (Fsp3) is 0.300. The van der Waals surface area contributed by atoms with E-state index in [9.17, 15) is 13.2 Å². The Hall–Kier alpha value is -1.07. The summed E-state index contributed by atoms with van der Waals surface area (Å²) in [6.07, 6.45) is 0.655. The first kappa shape index (κ1) is 13.0. The van der Waals surface area contributed by atoms with Crippen LogP contribution in [0.25, 0.3) is 0 Å². The molecule has 1 amide bonds. The normalized spacial score (nSPS) is 11.1. The number of nitrogens with one attached hydrogen (secondary N) is 1. The van der Waals surface area contributed by atoms with Gasteiger partial charge in [-0.2, -0.15) is 0 Å². The average Bonchev–Trinajstić information content (AvgIpc) is 2.16. The Morgan fingerprint density at radius 3 is 2.31 bits per heavy atom. The number of hydrogen-bond donors (Lipinski definition) is 1. The summed E-state index contributed by atoms with van der Waals surface area (Å²) < 4.78 is 21.9. The van der Waals surface area contributed by atoms with Crippen molar-refractivity contribution >= 4 is 25.6 Å². The monoisotopic (exact) mass is 261 g/mol. The van der Waals surface area contributed by atoms with Crippen LogP contribution < -0.4 is 5.32 Å². The molecule has 0 radical (unpaired) electrons. The van der Waals surface area contributed by atoms with E-state index < -0.39 is 9.05 Å². The number of halogens is 1. The summed E-state index contributed by atoms with van der Waals surface area (Å²) in [5.41, 5.74) is 0.942. The van der Waals surface area contributed by atoms with Gasteiger partial charge in [-0.1, -0.05) is 12.1 Å². The minimum absolute atomic E-state index is 0.0810. The van der Waals surface area contributed by atoms with Crippen molar-refractivity contribution in [3.8, 4) is 0 Å². The SMILES string of the molecule is CC(=O)NCCc1ccc(S(=O)(=O)Cl)cc1. The minimum atomic E-state index is -3.65. The fourth-order valence-electron chi connectivity index (χ4n) is 1.20. The number of carbonyl (C=O) groups excluding carboxylic acids is 1. The summed E-state index contributed by atoms with van der Waals surface area (Å²) in [5, 5.41) is 2.66. The highest BCUT2D eigenvalue weighted by atomic mass is 35.7. The lowest BCUT2D eigenvalue weighted by Crippen LogP contribution is -2.22. The number of rotatable bonds is 4. The Labute approximate surface area is 99.0 Å². The molecule has 0 saturated heterocycles. The molecule has 0 fully saturated rings. The fourth-order valence-corrected chi connectivity index (χ4v) is 1.97. The van der Waals surface area contributed by atoms with Gasteiger partial charge in [0.1, 0.15) is 0 Å². The molecule has 0 aliphatic rings. The zero-order valence-electron chi connectivity index (χ0n) is 8.73. The van der Waals surface area contributed by atoms with E-state index in [1.165, 1.54) is 19.1 Å². The molecule has 0 bridgehead atoms. The van der Waals surface area contributed by atoms with Crippen molar-refractivity contribution in [3.05, 3.63) is 29.8 Å². The van der Waals surface area contributed by atoms with E-state index in [4.69, 9.17) is 10.7 Å². The molecule has 4 nitrogen and oxygen atoms in total. The second-order valence-corrected chi connectivity index (χ2v) is 5.88. The van der Waals surface area contributed by atoms with Gasteiger partial charge in [-0.3, -0.25) is 4.79 Å². The van der Waals surface area contributed by atoms with Crippen molar-refractivity contribution in [2.45, 2.75) is 18.2 Å². The maximum atomic E-state index is 11.0. The van der Waals surface area contributed by atoms with E-state index >= 15 is 0 Å². The average molecular weight is 262 g/mol. The van der Waals surface area contributed by atoms with Gasteiger partial charge in [0.2, 0.25) is 5.91 Å². The van der Waals surface area contributed by atoms with Gasteiger partial charge >= 0.3 is 0 Å². The van der Waals surface area contributed by atoms with Gasteiger partial charge in [-0.25, -0.2) is 8.42 Å². The van der Waals surface area contributed by atoms with Crippen LogP contribution in [0.1, 0.15) is 12.5 Å². The molecule has 1 rings (SSSR count). The predicted octanol–water partition coefficient (Wildman–Crippen LogP) is 1.29. The van der Waals surface area contributed by atoms with E-state index in [2.05, 4.69) is 5.32 Å². The van der Waals surface area contributed by atoms with E-state index in [1.807, 2.05) is 0 Å². The summed E-state index contributed by atoms with van der Waals surface area (Å²) in [6, 6.07) is 6.25. The quantitative estimate of drug-likeness (QED) is 0.831. The van der Waals surface area contributed by atoms with Gasteiger partial charge in [0.15, 0.2) is 0 Å². The largest absolute Gasteiger partial charge is 0.356 e. The van der Waals surface area contributed by atoms with Gasteiger partial charge < -0.3 is 5.32 Å². The zero-order valence-corrected chi connectivity index (χ0v) is 10.3. The van der Waals surface area contributed by atoms with E-state index in [0.29, 0.717) is 13.0 Å². The van der Waals surface area contributed by atoms with Crippen LogP contribution in [0.5, 0.6) is 0 Å². The lowest BCUT2D eigenvalue weighted by molar-refractivity contribution is -0.118. The standard InChI is InChI=1S/C10H12ClNO3S/c1-8(13)12-7-6-9-2-4-10(5-3-9)16(11,14)15/h2-5H,6-7H2,1H3,(H,12,13). The van der Waals surface area contributed by atoms with Crippen molar-refractivity contribution in [2.24, 2.45) is 0 Å². The third-order valence-corrected chi connectivity index (χ3v) is 3.36. The molecule has 0 aliphatic heterocycles. The lowest BCUT2D eigenvalue weighted by atomic mass is 10.1. The first-order valence-corrected chi connectivity index (χ1v) is 6.98. The van der Waals surface area contributed by atoms with Crippen molar-refractivity contribution in [2.75, 3.05) is 6.54 Å². The molecule has 1 N–H and O–H groups in total. The topological polar surface area (TPSA) is 63.2 Å². The molecule has 0 heterocycles. The maximum Gasteiger partial charge on any atom is 0.261 e. The van der Waals surface area contributed by atoms with Crippen LogP contribution in [0.3, 0.4) is 0 Å². The molecule has 0 unspecified atom stereocenters. The molecule has 6 heteroatoms. The molecule has 0 aliphatic carbocycles. The molecule has 0 spiro atoms. The third kappa shape index (κ3) is 4.20. The molecule has 1 aromatic carbocycles. The molecule has 1 aromatic rings. The van der Waals surface area contributed by atoms with Crippen molar-refractivity contribution in [1.82, 2.24) is 5.32 Å². The summed E-state index contributed by atoms with van der Waals surface area (Å²) >= 11 is 0. The third-order valence-electron chi connectivity index (χ3n) is 1.99. The Morgan fingerprint density at radius 1 is 1.31 bits per heavy atom. The number of amides is 1. The van der Waals surface area contributed by atoms with Crippen LogP contribution in [0, 0.1) is 0 Å². The summed E-state index contributed by atoms with van der Waals surface area (Å²) in [4.78, 5) is 10.7. The summed E-state index contributed by atoms with van der Waals surface area (Å²) in [7, 11) is 1.52. The Kier molecular flexibility index (Phi) is 4.32. The van der Waals surface area contributed by atoms with Crippen LogP contribution in [-0.4, -0.2) is 20.9 Å². The highest BCUT2D eigenvalue weighted by Crippen LogP contribution is 2.15. The highest BCUT2D eigenvalue weighted by molar-refractivity contribution is 8.13. The smallest absolute Gasteiger partial charge is 0.261 e. The number of benzene rings is 1. The van der Waals surface area contributed by atoms with Crippen LogP contribution >= 0.6 is 10.7 Å². The molecular weight excluding hydrogens is 250 g/mol. The Morgan fingerprint density at radius 2 is 1.88 bits per heavy atom. The van der Waals surface area contributed by atoms with Gasteiger partial charge in [-0.15, -0.1) is 0 Å². The van der Waals surface area contributed by atoms with E-state index in [-0.39, 0.29) is 10.8 Å². The Balaban J connectivity index is 2.62. The highest BCUT2D eigenvalue weighted by Gasteiger charge is 2.08. The Bertz CT molecular complexity index is 467. The first-order valence-electron chi connectivity index (χ1n) is 4.67. The van der Waals surface area contributed by atoms with Crippen LogP contribution in [0.2, 0.25) is 0 Å². The van der Waals surface area contributed by atoms with Crippen molar-refractivity contribution < 1.29 is 13.2 Å². The molecule has 0 saturated carbocycles. The van der Waals surface area contributed by atoms with Crippen molar-refractivity contribution in [3.63, 3.8) is 0 Å². The van der Waals surface area contributed by atoms with E-state index in [0.717, 1.165) is 5.56 Å². The molecule has 0 atom stereocenters. The van der Waals surface area contributed by atoms with Gasteiger partial charge in [0.25, 0.3) is 9.05 Å². The molecule has 0 aromatic heterocycles. The predicted molar refractivity (Wildman–Crippen MR) is 61.9 cm³/mol. The van der Waals surface area contributed by atoms with Crippen molar-refractivity contribution in [1.29, 1.82) is 0 Å². The van der Waals surface area contributed by atoms with Gasteiger partial charge in [-0.05, 0) is 24.1 Å². The summed E-state index contributed by atoms with van der Waals surface area (Å²) in [6.45, 7) is 1.98. The van der Waals surface area contributed by atoms with Crippen LogP contribution in [0.4, 0.5) is 0 Å². The lowest BCUT2D eigenvalue weighted by Gasteiger charge is -2.03.